The van der Waals surface area contributed by atoms with Crippen LogP contribution in [0.4, 0.5) is 0 Å². The van der Waals surface area contributed by atoms with Crippen LogP contribution in [0.15, 0.2) is 12.2 Å². The highest BCUT2D eigenvalue weighted by Crippen LogP contribution is 2.13. The number of allylic oxidation sites excluding steroid dienone is 2. The van der Waals surface area contributed by atoms with Crippen molar-refractivity contribution in [2.45, 2.75) is 168 Å². The van der Waals surface area contributed by atoms with Crippen molar-refractivity contribution in [1.29, 1.82) is 0 Å². The van der Waals surface area contributed by atoms with E-state index in [2.05, 4.69) is 26.0 Å². The van der Waals surface area contributed by atoms with Crippen LogP contribution in [0.2, 0.25) is 0 Å². The molecule has 0 nitrogen and oxygen atoms in total. The number of hydrogen-bond donors (Lipinski definition) is 0. The van der Waals surface area contributed by atoms with Gasteiger partial charge in [-0.05, 0) is 25.7 Å². The molecule has 168 valence electrons. The average Bonchev–Trinajstić information content (AvgIpc) is 2.71. The lowest BCUT2D eigenvalue weighted by Gasteiger charge is -2.02. The smallest absolute Gasteiger partial charge is 0.0351 e. The van der Waals surface area contributed by atoms with Crippen LogP contribution in [0.1, 0.15) is 168 Å². The van der Waals surface area contributed by atoms with Gasteiger partial charge in [-0.2, -0.15) is 0 Å². The first-order chi connectivity index (χ1) is 13.9. The van der Waals surface area contributed by atoms with Gasteiger partial charge in [0.15, 0.2) is 0 Å². The van der Waals surface area contributed by atoms with Gasteiger partial charge in [-0.25, -0.2) is 0 Å². The second kappa shape index (κ2) is 26.7. The molecule has 0 fully saturated rings. The summed E-state index contributed by atoms with van der Waals surface area (Å²) in [7, 11) is 0. The molecule has 0 aromatic carbocycles. The molecule has 0 aliphatic rings. The Bertz CT molecular complexity index is 250. The van der Waals surface area contributed by atoms with Crippen molar-refractivity contribution in [3.63, 3.8) is 0 Å². The molecule has 0 aromatic heterocycles. The monoisotopic (exact) mass is 392 g/mol. The highest BCUT2D eigenvalue weighted by atomic mass is 14.0. The normalized spacial score (nSPS) is 11.6. The molecule has 0 unspecified atom stereocenters. The fourth-order valence-corrected chi connectivity index (χ4v) is 4.09. The Labute approximate surface area is 180 Å². The SMILES string of the molecule is CCCCCCCCCCCCCC=CCCCCCCCCCCCCC. The summed E-state index contributed by atoms with van der Waals surface area (Å²) in [4.78, 5) is 0. The summed E-state index contributed by atoms with van der Waals surface area (Å²) < 4.78 is 0. The zero-order valence-corrected chi connectivity index (χ0v) is 20.1. The third-order valence-electron chi connectivity index (χ3n) is 6.12. The Balaban J connectivity index is 3.05. The summed E-state index contributed by atoms with van der Waals surface area (Å²) in [5.41, 5.74) is 0. The van der Waals surface area contributed by atoms with E-state index in [1.165, 1.54) is 154 Å². The van der Waals surface area contributed by atoms with Crippen LogP contribution in [0.3, 0.4) is 0 Å². The summed E-state index contributed by atoms with van der Waals surface area (Å²) in [6, 6.07) is 0. The Kier molecular flexibility index (Phi) is 26.5. The van der Waals surface area contributed by atoms with Crippen molar-refractivity contribution >= 4 is 0 Å². The molecule has 0 rings (SSSR count). The van der Waals surface area contributed by atoms with E-state index in [0.717, 1.165) is 0 Å². The highest BCUT2D eigenvalue weighted by molar-refractivity contribution is 4.81. The van der Waals surface area contributed by atoms with Crippen molar-refractivity contribution in [3.8, 4) is 0 Å². The van der Waals surface area contributed by atoms with Crippen LogP contribution in [0, 0.1) is 0 Å². The Morgan fingerprint density at radius 3 is 0.750 bits per heavy atom. The lowest BCUT2D eigenvalue weighted by Crippen LogP contribution is -1.82. The minimum absolute atomic E-state index is 1.31. The minimum atomic E-state index is 1.31. The van der Waals surface area contributed by atoms with E-state index in [4.69, 9.17) is 0 Å². The molecule has 0 saturated heterocycles. The quantitative estimate of drug-likeness (QED) is 0.113. The summed E-state index contributed by atoms with van der Waals surface area (Å²) in [6.07, 6.45) is 39.4. The Hall–Kier alpha value is -0.260. The van der Waals surface area contributed by atoms with Crippen molar-refractivity contribution in [3.05, 3.63) is 12.2 Å². The van der Waals surface area contributed by atoms with Gasteiger partial charge in [-0.15, -0.1) is 0 Å². The van der Waals surface area contributed by atoms with Gasteiger partial charge in [0.2, 0.25) is 0 Å². The van der Waals surface area contributed by atoms with E-state index < -0.39 is 0 Å². The second-order valence-corrected chi connectivity index (χ2v) is 9.12. The van der Waals surface area contributed by atoms with Crippen molar-refractivity contribution < 1.29 is 0 Å². The van der Waals surface area contributed by atoms with Crippen LogP contribution in [0.25, 0.3) is 0 Å². The molecule has 0 spiro atoms. The molecule has 0 heteroatoms. The van der Waals surface area contributed by atoms with E-state index in [9.17, 15) is 0 Å². The molecule has 28 heavy (non-hydrogen) atoms. The van der Waals surface area contributed by atoms with Gasteiger partial charge in [0, 0.05) is 0 Å². The van der Waals surface area contributed by atoms with Gasteiger partial charge >= 0.3 is 0 Å². The van der Waals surface area contributed by atoms with Gasteiger partial charge in [-0.3, -0.25) is 0 Å². The number of hydrogen-bond acceptors (Lipinski definition) is 0. The second-order valence-electron chi connectivity index (χ2n) is 9.12. The fraction of sp³-hybridized carbons (Fsp3) is 0.929. The van der Waals surface area contributed by atoms with Crippen LogP contribution >= 0.6 is 0 Å². The maximum Gasteiger partial charge on any atom is -0.0351 e. The zero-order valence-electron chi connectivity index (χ0n) is 20.1. The Morgan fingerprint density at radius 2 is 0.500 bits per heavy atom. The van der Waals surface area contributed by atoms with Gasteiger partial charge in [0.25, 0.3) is 0 Å². The molecule has 0 saturated carbocycles. The van der Waals surface area contributed by atoms with Gasteiger partial charge < -0.3 is 0 Å². The van der Waals surface area contributed by atoms with Crippen LogP contribution < -0.4 is 0 Å². The van der Waals surface area contributed by atoms with E-state index in [-0.39, 0.29) is 0 Å². The van der Waals surface area contributed by atoms with E-state index >= 15 is 0 Å². The Morgan fingerprint density at radius 1 is 0.286 bits per heavy atom. The molecular weight excluding hydrogens is 336 g/mol. The molecule has 0 N–H and O–H groups in total. The summed E-state index contributed by atoms with van der Waals surface area (Å²) in [5, 5.41) is 0. The van der Waals surface area contributed by atoms with Crippen molar-refractivity contribution in [1.82, 2.24) is 0 Å². The first-order valence-electron chi connectivity index (χ1n) is 13.6. The van der Waals surface area contributed by atoms with E-state index in [1.54, 1.807) is 0 Å². The maximum atomic E-state index is 2.45. The molecule has 0 aliphatic heterocycles. The predicted octanol–water partition coefficient (Wildman–Crippen LogP) is 10.9. The topological polar surface area (TPSA) is 0 Å². The molecule has 0 amide bonds. The summed E-state index contributed by atoms with van der Waals surface area (Å²) in [5.74, 6) is 0. The summed E-state index contributed by atoms with van der Waals surface area (Å²) >= 11 is 0. The molecular formula is C28H56. The molecule has 0 atom stereocenters. The predicted molar refractivity (Wildman–Crippen MR) is 131 cm³/mol. The summed E-state index contributed by atoms with van der Waals surface area (Å²) in [6.45, 7) is 4.60. The fourth-order valence-electron chi connectivity index (χ4n) is 4.09. The van der Waals surface area contributed by atoms with Crippen molar-refractivity contribution in [2.75, 3.05) is 0 Å². The van der Waals surface area contributed by atoms with Crippen molar-refractivity contribution in [2.24, 2.45) is 0 Å². The third-order valence-corrected chi connectivity index (χ3v) is 6.12. The van der Waals surface area contributed by atoms with E-state index in [0.29, 0.717) is 0 Å². The largest absolute Gasteiger partial charge is 0.0885 e. The lowest BCUT2D eigenvalue weighted by atomic mass is 10.0. The lowest BCUT2D eigenvalue weighted by molar-refractivity contribution is 0.549. The van der Waals surface area contributed by atoms with Gasteiger partial charge in [0.1, 0.15) is 0 Å². The maximum absolute atomic E-state index is 2.45. The zero-order chi connectivity index (χ0) is 20.4. The van der Waals surface area contributed by atoms with Gasteiger partial charge in [0.05, 0.1) is 0 Å². The molecule has 0 aromatic rings. The third kappa shape index (κ3) is 25.7. The van der Waals surface area contributed by atoms with E-state index in [1.807, 2.05) is 0 Å². The van der Waals surface area contributed by atoms with Crippen LogP contribution in [-0.4, -0.2) is 0 Å². The van der Waals surface area contributed by atoms with Crippen LogP contribution in [0.5, 0.6) is 0 Å². The first-order valence-corrected chi connectivity index (χ1v) is 13.6. The number of unbranched alkanes of at least 4 members (excludes halogenated alkanes) is 22. The highest BCUT2D eigenvalue weighted by Gasteiger charge is 1.94. The van der Waals surface area contributed by atoms with Gasteiger partial charge in [-0.1, -0.05) is 154 Å². The standard InChI is InChI=1S/C28H56/c1-3-5-7-9-11-13-15-17-19-21-23-25-27-28-26-24-22-20-18-16-14-12-10-8-6-4-2/h27-28H,3-26H2,1-2H3. The number of rotatable bonds is 24. The first kappa shape index (κ1) is 27.7. The molecule has 0 heterocycles. The average molecular weight is 393 g/mol. The molecule has 0 radical (unpaired) electrons. The molecule has 0 aliphatic carbocycles. The van der Waals surface area contributed by atoms with Crippen LogP contribution in [-0.2, 0) is 0 Å². The minimum Gasteiger partial charge on any atom is -0.0885 e. The molecule has 0 bridgehead atoms.